The third-order valence-electron chi connectivity index (χ3n) is 3.72. The molecule has 6 heteroatoms. The van der Waals surface area contributed by atoms with Gasteiger partial charge in [-0.05, 0) is 13.0 Å². The molecule has 0 aliphatic carbocycles. The van der Waals surface area contributed by atoms with Crippen LogP contribution in [0.15, 0.2) is 30.5 Å². The average Bonchev–Trinajstić information content (AvgIpc) is 2.49. The topological polar surface area (TPSA) is 38.2 Å². The molecule has 1 aromatic carbocycles. The molecule has 0 amide bonds. The molecule has 1 aliphatic rings. The minimum Gasteiger partial charge on any atom is -0.434 e. The van der Waals surface area contributed by atoms with Crippen LogP contribution >= 0.6 is 0 Å². The maximum Gasteiger partial charge on any atom is 0.387 e. The lowest BCUT2D eigenvalue weighted by molar-refractivity contribution is -0.0508. The van der Waals surface area contributed by atoms with Gasteiger partial charge < -0.3 is 4.74 Å². The second-order valence-electron chi connectivity index (χ2n) is 5.34. The van der Waals surface area contributed by atoms with E-state index in [9.17, 15) is 8.78 Å². The van der Waals surface area contributed by atoms with E-state index in [4.69, 9.17) is 0 Å². The van der Waals surface area contributed by atoms with Gasteiger partial charge in [0.05, 0.1) is 0 Å². The Hall–Kier alpha value is -2.08. The SMILES string of the molecule is Cc1ncc2c(n1)CCN(Cc1ccccc1OC(F)F)C2. The Morgan fingerprint density at radius 1 is 1.32 bits per heavy atom. The lowest BCUT2D eigenvalue weighted by Gasteiger charge is -2.28. The van der Waals surface area contributed by atoms with Gasteiger partial charge in [-0.2, -0.15) is 8.78 Å². The molecule has 0 saturated carbocycles. The first-order valence-electron chi connectivity index (χ1n) is 7.18. The van der Waals surface area contributed by atoms with Crippen LogP contribution in [0.5, 0.6) is 5.75 Å². The van der Waals surface area contributed by atoms with E-state index in [1.165, 1.54) is 0 Å². The summed E-state index contributed by atoms with van der Waals surface area (Å²) >= 11 is 0. The van der Waals surface area contributed by atoms with Crippen LogP contribution < -0.4 is 4.74 Å². The molecule has 0 spiro atoms. The average molecular weight is 305 g/mol. The molecular weight excluding hydrogens is 288 g/mol. The molecule has 3 rings (SSSR count). The molecule has 1 aliphatic heterocycles. The largest absolute Gasteiger partial charge is 0.434 e. The molecule has 0 N–H and O–H groups in total. The third-order valence-corrected chi connectivity index (χ3v) is 3.72. The number of nitrogens with zero attached hydrogens (tertiary/aromatic N) is 3. The van der Waals surface area contributed by atoms with Crippen molar-refractivity contribution < 1.29 is 13.5 Å². The van der Waals surface area contributed by atoms with E-state index in [1.807, 2.05) is 25.3 Å². The molecule has 2 heterocycles. The number of aryl methyl sites for hydroxylation is 1. The monoisotopic (exact) mass is 305 g/mol. The van der Waals surface area contributed by atoms with Crippen LogP contribution in [0.1, 0.15) is 22.6 Å². The van der Waals surface area contributed by atoms with Crippen LogP contribution in [-0.2, 0) is 19.5 Å². The van der Waals surface area contributed by atoms with Gasteiger partial charge in [0, 0.05) is 49.1 Å². The van der Waals surface area contributed by atoms with E-state index in [-0.39, 0.29) is 5.75 Å². The number of ether oxygens (including phenoxy) is 1. The van der Waals surface area contributed by atoms with Gasteiger partial charge in [-0.1, -0.05) is 18.2 Å². The second kappa shape index (κ2) is 6.36. The maximum atomic E-state index is 12.5. The van der Waals surface area contributed by atoms with Crippen molar-refractivity contribution in [2.75, 3.05) is 6.54 Å². The molecule has 0 fully saturated rings. The predicted molar refractivity (Wildman–Crippen MR) is 77.7 cm³/mol. The summed E-state index contributed by atoms with van der Waals surface area (Å²) in [5.74, 6) is 1.02. The molecule has 1 aromatic heterocycles. The van der Waals surface area contributed by atoms with Gasteiger partial charge in [0.25, 0.3) is 0 Å². The van der Waals surface area contributed by atoms with Crippen molar-refractivity contribution in [3.05, 3.63) is 53.1 Å². The zero-order chi connectivity index (χ0) is 15.5. The Balaban J connectivity index is 1.74. The highest BCUT2D eigenvalue weighted by Gasteiger charge is 2.19. The highest BCUT2D eigenvalue weighted by molar-refractivity contribution is 5.33. The predicted octanol–water partition coefficient (Wildman–Crippen LogP) is 2.94. The van der Waals surface area contributed by atoms with Crippen LogP contribution in [0.3, 0.4) is 0 Å². The van der Waals surface area contributed by atoms with Crippen molar-refractivity contribution in [2.24, 2.45) is 0 Å². The van der Waals surface area contributed by atoms with E-state index in [0.29, 0.717) is 6.54 Å². The van der Waals surface area contributed by atoms with Crippen molar-refractivity contribution in [3.8, 4) is 5.75 Å². The van der Waals surface area contributed by atoms with Crippen LogP contribution in [0.4, 0.5) is 8.78 Å². The van der Waals surface area contributed by atoms with Crippen LogP contribution in [0.2, 0.25) is 0 Å². The Bertz CT molecular complexity index is 664. The normalized spacial score (nSPS) is 14.9. The Morgan fingerprint density at radius 2 is 2.14 bits per heavy atom. The number of halogens is 2. The standard InChI is InChI=1S/C16H17F2N3O/c1-11-19-8-13-10-21(7-6-14(13)20-11)9-12-4-2-3-5-15(12)22-16(17)18/h2-5,8,16H,6-7,9-10H2,1H3. The van der Waals surface area contributed by atoms with E-state index in [2.05, 4.69) is 19.6 Å². The minimum absolute atomic E-state index is 0.239. The zero-order valence-electron chi connectivity index (χ0n) is 12.3. The number of alkyl halides is 2. The Labute approximate surface area is 127 Å². The first kappa shape index (κ1) is 14.8. The lowest BCUT2D eigenvalue weighted by atomic mass is 10.1. The molecule has 116 valence electrons. The smallest absolute Gasteiger partial charge is 0.387 e. The summed E-state index contributed by atoms with van der Waals surface area (Å²) in [4.78, 5) is 10.9. The molecule has 0 atom stereocenters. The van der Waals surface area contributed by atoms with E-state index >= 15 is 0 Å². The fraction of sp³-hybridized carbons (Fsp3) is 0.375. The second-order valence-corrected chi connectivity index (χ2v) is 5.34. The molecule has 0 bridgehead atoms. The van der Waals surface area contributed by atoms with Crippen LogP contribution in [0, 0.1) is 6.92 Å². The number of aromatic nitrogens is 2. The van der Waals surface area contributed by atoms with Crippen molar-refractivity contribution >= 4 is 0 Å². The first-order valence-corrected chi connectivity index (χ1v) is 7.18. The number of hydrogen-bond acceptors (Lipinski definition) is 4. The Morgan fingerprint density at radius 3 is 2.95 bits per heavy atom. The molecule has 22 heavy (non-hydrogen) atoms. The fourth-order valence-electron chi connectivity index (χ4n) is 2.70. The van der Waals surface area contributed by atoms with Crippen molar-refractivity contribution in [2.45, 2.75) is 33.0 Å². The lowest BCUT2D eigenvalue weighted by Crippen LogP contribution is -2.31. The Kier molecular flexibility index (Phi) is 4.29. The summed E-state index contributed by atoms with van der Waals surface area (Å²) in [6.07, 6.45) is 2.70. The quantitative estimate of drug-likeness (QED) is 0.870. The summed E-state index contributed by atoms with van der Waals surface area (Å²) in [6.45, 7) is 1.20. The summed E-state index contributed by atoms with van der Waals surface area (Å²) in [6, 6.07) is 6.92. The molecule has 4 nitrogen and oxygen atoms in total. The van der Waals surface area contributed by atoms with Crippen LogP contribution in [0.25, 0.3) is 0 Å². The highest BCUT2D eigenvalue weighted by Crippen LogP contribution is 2.24. The van der Waals surface area contributed by atoms with Gasteiger partial charge in [-0.25, -0.2) is 9.97 Å². The van der Waals surface area contributed by atoms with Gasteiger partial charge in [0.2, 0.25) is 0 Å². The number of rotatable bonds is 4. The van der Waals surface area contributed by atoms with Gasteiger partial charge in [-0.3, -0.25) is 4.90 Å². The summed E-state index contributed by atoms with van der Waals surface area (Å²) < 4.78 is 29.5. The van der Waals surface area contributed by atoms with E-state index < -0.39 is 6.61 Å². The van der Waals surface area contributed by atoms with Crippen molar-refractivity contribution in [1.29, 1.82) is 0 Å². The summed E-state index contributed by atoms with van der Waals surface area (Å²) in [5.41, 5.74) is 2.95. The highest BCUT2D eigenvalue weighted by atomic mass is 19.3. The van der Waals surface area contributed by atoms with Gasteiger partial charge in [0.1, 0.15) is 11.6 Å². The number of hydrogen-bond donors (Lipinski definition) is 0. The van der Waals surface area contributed by atoms with Gasteiger partial charge in [0.15, 0.2) is 0 Å². The number of para-hydroxylation sites is 1. The molecule has 0 saturated heterocycles. The van der Waals surface area contributed by atoms with Crippen LogP contribution in [-0.4, -0.2) is 28.0 Å². The number of benzene rings is 1. The molecule has 2 aromatic rings. The molecule has 0 unspecified atom stereocenters. The summed E-state index contributed by atoms with van der Waals surface area (Å²) in [7, 11) is 0. The van der Waals surface area contributed by atoms with E-state index in [1.54, 1.807) is 12.1 Å². The fourth-order valence-corrected chi connectivity index (χ4v) is 2.70. The maximum absolute atomic E-state index is 12.5. The molecule has 0 radical (unpaired) electrons. The third kappa shape index (κ3) is 3.39. The van der Waals surface area contributed by atoms with Crippen molar-refractivity contribution in [3.63, 3.8) is 0 Å². The summed E-state index contributed by atoms with van der Waals surface area (Å²) in [5, 5.41) is 0. The molecular formula is C16H17F2N3O. The zero-order valence-corrected chi connectivity index (χ0v) is 12.3. The van der Waals surface area contributed by atoms with Crippen molar-refractivity contribution in [1.82, 2.24) is 14.9 Å². The van der Waals surface area contributed by atoms with E-state index in [0.717, 1.165) is 42.2 Å². The minimum atomic E-state index is -2.81. The van der Waals surface area contributed by atoms with Gasteiger partial charge in [-0.15, -0.1) is 0 Å². The van der Waals surface area contributed by atoms with Gasteiger partial charge >= 0.3 is 6.61 Å². The first-order chi connectivity index (χ1) is 10.6. The number of fused-ring (bicyclic) bond motifs is 1.